The first-order valence-electron chi connectivity index (χ1n) is 11.3. The molecular formula is C25H27N5O4S. The molecule has 0 saturated carbocycles. The molecule has 2 aromatic heterocycles. The van der Waals surface area contributed by atoms with Crippen LogP contribution in [0, 0.1) is 11.3 Å². The molecule has 182 valence electrons. The van der Waals surface area contributed by atoms with E-state index in [9.17, 15) is 14.9 Å². The topological polar surface area (TPSA) is 120 Å². The fourth-order valence-electron chi connectivity index (χ4n) is 4.19. The van der Waals surface area contributed by atoms with Gasteiger partial charge in [-0.1, -0.05) is 25.1 Å². The number of amides is 2. The molecule has 2 atom stereocenters. The van der Waals surface area contributed by atoms with E-state index in [1.54, 1.807) is 31.3 Å². The third kappa shape index (κ3) is 5.30. The molecule has 2 N–H and O–H groups in total. The number of nitrogens with zero attached hydrogens (tertiary/aromatic N) is 3. The van der Waals surface area contributed by atoms with Crippen LogP contribution >= 0.6 is 11.3 Å². The Balaban J connectivity index is 1.42. The lowest BCUT2D eigenvalue weighted by molar-refractivity contribution is -0.116. The molecule has 0 aliphatic carbocycles. The normalized spacial score (nSPS) is 14.4. The number of methoxy groups -OCH3 is 1. The fourth-order valence-corrected chi connectivity index (χ4v) is 5.42. The quantitative estimate of drug-likeness (QED) is 0.490. The predicted molar refractivity (Wildman–Crippen MR) is 131 cm³/mol. The Bertz CT molecular complexity index is 1250. The second-order valence-electron chi connectivity index (χ2n) is 8.39. The standard InChI is InChI=1S/C25H27N5O4S/c1-15(17-6-4-5-7-20(17)33-3)12-22(31)29-24-19(13-26)18-8-11-30(14-21(18)35-24)25(32)34-16(2)23-27-9-10-28-23/h4-7,9-10,15-16H,8,11-12,14H2,1-3H3,(H,27,28)(H,29,31). The van der Waals surface area contributed by atoms with E-state index >= 15 is 0 Å². The van der Waals surface area contributed by atoms with Crippen LogP contribution in [0.5, 0.6) is 5.75 Å². The fraction of sp³-hybridized carbons (Fsp3) is 0.360. The molecule has 0 bridgehead atoms. The average Bonchev–Trinajstić information content (AvgIpc) is 3.51. The van der Waals surface area contributed by atoms with Crippen molar-refractivity contribution in [2.45, 2.75) is 45.3 Å². The number of nitrogens with one attached hydrogen (secondary N) is 2. The number of benzene rings is 1. The summed E-state index contributed by atoms with van der Waals surface area (Å²) >= 11 is 1.34. The van der Waals surface area contributed by atoms with Gasteiger partial charge in [-0.25, -0.2) is 9.78 Å². The number of thiophene rings is 1. The van der Waals surface area contributed by atoms with Crippen LogP contribution in [0.1, 0.15) is 59.7 Å². The SMILES string of the molecule is COc1ccccc1C(C)CC(=O)Nc1sc2c(c1C#N)CCN(C(=O)OC(C)c1ncc[nH]1)C2. The van der Waals surface area contributed by atoms with Gasteiger partial charge in [0.2, 0.25) is 5.91 Å². The van der Waals surface area contributed by atoms with Gasteiger partial charge in [-0.05, 0) is 36.5 Å². The molecule has 1 aliphatic heterocycles. The van der Waals surface area contributed by atoms with Gasteiger partial charge in [0.25, 0.3) is 0 Å². The van der Waals surface area contributed by atoms with Crippen LogP contribution in [0.25, 0.3) is 0 Å². The minimum atomic E-state index is -0.503. The lowest BCUT2D eigenvalue weighted by Crippen LogP contribution is -2.36. The van der Waals surface area contributed by atoms with Gasteiger partial charge in [0.05, 0.1) is 19.2 Å². The lowest BCUT2D eigenvalue weighted by Gasteiger charge is -2.27. The van der Waals surface area contributed by atoms with E-state index in [-0.39, 0.29) is 18.2 Å². The third-order valence-electron chi connectivity index (χ3n) is 6.02. The van der Waals surface area contributed by atoms with Crippen LogP contribution in [0.4, 0.5) is 9.80 Å². The number of carbonyl (C=O) groups excluding carboxylic acids is 2. The van der Waals surface area contributed by atoms with E-state index in [0.29, 0.717) is 35.9 Å². The molecule has 0 saturated heterocycles. The van der Waals surface area contributed by atoms with Crippen LogP contribution in [0.3, 0.4) is 0 Å². The van der Waals surface area contributed by atoms with Crippen molar-refractivity contribution in [3.8, 4) is 11.8 Å². The zero-order valence-corrected chi connectivity index (χ0v) is 20.6. The summed E-state index contributed by atoms with van der Waals surface area (Å²) in [6, 6.07) is 9.86. The highest BCUT2D eigenvalue weighted by molar-refractivity contribution is 7.16. The summed E-state index contributed by atoms with van der Waals surface area (Å²) in [5.74, 6) is 1.08. The van der Waals surface area contributed by atoms with Crippen molar-refractivity contribution in [1.29, 1.82) is 5.26 Å². The Morgan fingerprint density at radius 3 is 2.86 bits per heavy atom. The van der Waals surface area contributed by atoms with Gasteiger partial charge < -0.3 is 24.7 Å². The summed E-state index contributed by atoms with van der Waals surface area (Å²) in [6.07, 6.45) is 3.10. The molecule has 4 rings (SSSR count). The highest BCUT2D eigenvalue weighted by Gasteiger charge is 2.29. The highest BCUT2D eigenvalue weighted by atomic mass is 32.1. The van der Waals surface area contributed by atoms with Crippen LogP contribution in [-0.2, 0) is 22.5 Å². The van der Waals surface area contributed by atoms with E-state index in [1.807, 2.05) is 31.2 Å². The average molecular weight is 494 g/mol. The molecule has 1 aromatic carbocycles. The zero-order chi connectivity index (χ0) is 24.9. The van der Waals surface area contributed by atoms with Crippen molar-refractivity contribution in [3.63, 3.8) is 0 Å². The lowest BCUT2D eigenvalue weighted by atomic mass is 9.96. The molecule has 0 spiro atoms. The number of imidazole rings is 1. The maximum Gasteiger partial charge on any atom is 0.410 e. The Morgan fingerprint density at radius 2 is 2.14 bits per heavy atom. The van der Waals surface area contributed by atoms with Gasteiger partial charge in [0.15, 0.2) is 6.10 Å². The third-order valence-corrected chi connectivity index (χ3v) is 7.16. The summed E-state index contributed by atoms with van der Waals surface area (Å²) in [7, 11) is 1.61. The number of aromatic nitrogens is 2. The number of ether oxygens (including phenoxy) is 2. The molecule has 0 radical (unpaired) electrons. The van der Waals surface area contributed by atoms with Crippen LogP contribution in [0.15, 0.2) is 36.7 Å². The highest BCUT2D eigenvalue weighted by Crippen LogP contribution is 2.37. The first-order valence-corrected chi connectivity index (χ1v) is 12.1. The predicted octanol–water partition coefficient (Wildman–Crippen LogP) is 4.74. The van der Waals surface area contributed by atoms with E-state index in [0.717, 1.165) is 21.8 Å². The molecular weight excluding hydrogens is 466 g/mol. The number of hydrogen-bond donors (Lipinski definition) is 2. The van der Waals surface area contributed by atoms with Gasteiger partial charge in [0, 0.05) is 30.2 Å². The molecule has 1 aliphatic rings. The Morgan fingerprint density at radius 1 is 1.34 bits per heavy atom. The molecule has 2 amide bonds. The van der Waals surface area contributed by atoms with Crippen molar-refractivity contribution < 1.29 is 19.1 Å². The van der Waals surface area contributed by atoms with Gasteiger partial charge in [-0.2, -0.15) is 5.26 Å². The molecule has 35 heavy (non-hydrogen) atoms. The number of para-hydroxylation sites is 1. The summed E-state index contributed by atoms with van der Waals surface area (Å²) in [6.45, 7) is 4.48. The van der Waals surface area contributed by atoms with E-state index < -0.39 is 12.2 Å². The van der Waals surface area contributed by atoms with Gasteiger partial charge in [-0.15, -0.1) is 11.3 Å². The maximum absolute atomic E-state index is 12.8. The smallest absolute Gasteiger partial charge is 0.410 e. The van der Waals surface area contributed by atoms with Crippen LogP contribution < -0.4 is 10.1 Å². The molecule has 2 unspecified atom stereocenters. The molecule has 3 aromatic rings. The summed E-state index contributed by atoms with van der Waals surface area (Å²) in [5, 5.41) is 13.2. The number of H-pyrrole nitrogens is 1. The number of hydrogen-bond acceptors (Lipinski definition) is 7. The van der Waals surface area contributed by atoms with Gasteiger partial charge in [0.1, 0.15) is 22.6 Å². The first-order chi connectivity index (χ1) is 16.9. The maximum atomic E-state index is 12.8. The minimum Gasteiger partial charge on any atom is -0.496 e. The molecule has 3 heterocycles. The van der Waals surface area contributed by atoms with Gasteiger partial charge >= 0.3 is 6.09 Å². The molecule has 10 heteroatoms. The van der Waals surface area contributed by atoms with Crippen molar-refractivity contribution in [3.05, 3.63) is 64.1 Å². The minimum absolute atomic E-state index is 0.0623. The summed E-state index contributed by atoms with van der Waals surface area (Å²) < 4.78 is 10.9. The van der Waals surface area contributed by atoms with E-state index in [2.05, 4.69) is 21.4 Å². The van der Waals surface area contributed by atoms with Crippen molar-refractivity contribution in [2.75, 3.05) is 19.0 Å². The Hall–Kier alpha value is -3.84. The first kappa shape index (κ1) is 24.3. The monoisotopic (exact) mass is 493 g/mol. The van der Waals surface area contributed by atoms with Crippen LogP contribution in [-0.4, -0.2) is 40.5 Å². The van der Waals surface area contributed by atoms with E-state index in [4.69, 9.17) is 9.47 Å². The number of fused-ring (bicyclic) bond motifs is 1. The van der Waals surface area contributed by atoms with Crippen LogP contribution in [0.2, 0.25) is 0 Å². The van der Waals surface area contributed by atoms with E-state index in [1.165, 1.54) is 11.3 Å². The zero-order valence-electron chi connectivity index (χ0n) is 19.8. The summed E-state index contributed by atoms with van der Waals surface area (Å²) in [5.41, 5.74) is 2.31. The number of aromatic amines is 1. The summed E-state index contributed by atoms with van der Waals surface area (Å²) in [4.78, 5) is 35.1. The Kier molecular flexibility index (Phi) is 7.36. The number of rotatable bonds is 7. The molecule has 0 fully saturated rings. The van der Waals surface area contributed by atoms with Crippen molar-refractivity contribution >= 4 is 28.3 Å². The second-order valence-corrected chi connectivity index (χ2v) is 9.49. The molecule has 9 nitrogen and oxygen atoms in total. The number of carbonyl (C=O) groups is 2. The number of anilines is 1. The largest absolute Gasteiger partial charge is 0.496 e. The second kappa shape index (κ2) is 10.6. The number of nitriles is 1. The Labute approximate surface area is 207 Å². The van der Waals surface area contributed by atoms with Crippen molar-refractivity contribution in [1.82, 2.24) is 14.9 Å². The van der Waals surface area contributed by atoms with Crippen molar-refractivity contribution in [2.24, 2.45) is 0 Å². The van der Waals surface area contributed by atoms with Gasteiger partial charge in [-0.3, -0.25) is 4.79 Å².